The normalized spacial score (nSPS) is 19.4. The SMILES string of the molecule is COC(=O)C1(C(=O)OC)CC2=C(C)CN(C(=O)OC(C)(C)C)CC(=O)C(C)=C2C1. The highest BCUT2D eigenvalue weighted by Crippen LogP contribution is 2.49. The molecule has 0 aromatic carbocycles. The molecule has 1 aliphatic heterocycles. The first-order chi connectivity index (χ1) is 13.4. The molecule has 0 atom stereocenters. The summed E-state index contributed by atoms with van der Waals surface area (Å²) in [5.41, 5.74) is 0.331. The standard InChI is InChI=1S/C21H29NO7/c1-12-10-22(19(26)29-20(3,4)5)11-16(23)13(2)15-9-21(8-14(12)15,17(24)27-6)18(25)28-7/h8-11H2,1-7H3. The quantitative estimate of drug-likeness (QED) is 0.394. The zero-order valence-electron chi connectivity index (χ0n) is 18.1. The predicted molar refractivity (Wildman–Crippen MR) is 104 cm³/mol. The molecule has 1 heterocycles. The molecule has 0 aromatic rings. The third kappa shape index (κ3) is 4.36. The van der Waals surface area contributed by atoms with Gasteiger partial charge in [0.25, 0.3) is 0 Å². The summed E-state index contributed by atoms with van der Waals surface area (Å²) in [7, 11) is 2.43. The summed E-state index contributed by atoms with van der Waals surface area (Å²) in [4.78, 5) is 51.8. The molecule has 160 valence electrons. The van der Waals surface area contributed by atoms with Crippen LogP contribution >= 0.6 is 0 Å². The van der Waals surface area contributed by atoms with E-state index in [2.05, 4.69) is 0 Å². The second kappa shape index (κ2) is 8.00. The third-order valence-corrected chi connectivity index (χ3v) is 5.27. The summed E-state index contributed by atoms with van der Waals surface area (Å²) in [6.45, 7) is 8.74. The van der Waals surface area contributed by atoms with Gasteiger partial charge in [-0.05, 0) is 57.8 Å². The van der Waals surface area contributed by atoms with E-state index >= 15 is 0 Å². The Morgan fingerprint density at radius 3 is 1.93 bits per heavy atom. The first-order valence-electron chi connectivity index (χ1n) is 9.43. The molecule has 0 bridgehead atoms. The van der Waals surface area contributed by atoms with E-state index in [9.17, 15) is 19.2 Å². The molecule has 1 saturated carbocycles. The number of Topliss-reactive ketones (excluding diaryl/α,β-unsaturated/α-hetero) is 1. The van der Waals surface area contributed by atoms with Gasteiger partial charge in [0.15, 0.2) is 11.2 Å². The van der Waals surface area contributed by atoms with Gasteiger partial charge in [-0.2, -0.15) is 0 Å². The number of carbonyl (C=O) groups excluding carboxylic acids is 4. The monoisotopic (exact) mass is 407 g/mol. The lowest BCUT2D eigenvalue weighted by Crippen LogP contribution is -2.41. The molecule has 0 aromatic heterocycles. The van der Waals surface area contributed by atoms with Crippen LogP contribution in [0.4, 0.5) is 4.79 Å². The van der Waals surface area contributed by atoms with Gasteiger partial charge in [-0.25, -0.2) is 4.79 Å². The topological polar surface area (TPSA) is 99.2 Å². The summed E-state index contributed by atoms with van der Waals surface area (Å²) in [6, 6.07) is 0. The van der Waals surface area contributed by atoms with Crippen LogP contribution in [-0.4, -0.2) is 61.6 Å². The molecule has 29 heavy (non-hydrogen) atoms. The fraction of sp³-hybridized carbons (Fsp3) is 0.619. The molecule has 0 spiro atoms. The number of ketones is 1. The van der Waals surface area contributed by atoms with Gasteiger partial charge in [-0.1, -0.05) is 5.57 Å². The summed E-state index contributed by atoms with van der Waals surface area (Å²) in [5.74, 6) is -1.66. The molecule has 0 N–H and O–H groups in total. The summed E-state index contributed by atoms with van der Waals surface area (Å²) >= 11 is 0. The van der Waals surface area contributed by atoms with Crippen LogP contribution in [-0.2, 0) is 28.6 Å². The Bertz CT molecular complexity index is 797. The van der Waals surface area contributed by atoms with Crippen LogP contribution in [0.25, 0.3) is 0 Å². The van der Waals surface area contributed by atoms with Crippen LogP contribution in [0.2, 0.25) is 0 Å². The molecule has 1 amide bonds. The number of rotatable bonds is 2. The van der Waals surface area contributed by atoms with Crippen molar-refractivity contribution < 1.29 is 33.4 Å². The Morgan fingerprint density at radius 2 is 1.45 bits per heavy atom. The van der Waals surface area contributed by atoms with E-state index in [0.717, 1.165) is 5.57 Å². The lowest BCUT2D eigenvalue weighted by Gasteiger charge is -2.29. The molecule has 0 saturated heterocycles. The number of nitrogens with zero attached hydrogens (tertiary/aromatic N) is 1. The first-order valence-corrected chi connectivity index (χ1v) is 9.43. The maximum atomic E-state index is 12.8. The van der Waals surface area contributed by atoms with Gasteiger partial charge in [-0.15, -0.1) is 0 Å². The number of hydrogen-bond donors (Lipinski definition) is 0. The zero-order chi connectivity index (χ0) is 22.1. The minimum Gasteiger partial charge on any atom is -0.468 e. The fourth-order valence-electron chi connectivity index (χ4n) is 3.76. The number of methoxy groups -OCH3 is 2. The number of allylic oxidation sites excluding steroid dienone is 2. The molecule has 8 heteroatoms. The number of hydrogen-bond acceptors (Lipinski definition) is 7. The van der Waals surface area contributed by atoms with Crippen molar-refractivity contribution in [1.82, 2.24) is 4.90 Å². The van der Waals surface area contributed by atoms with Crippen LogP contribution in [0.1, 0.15) is 47.5 Å². The third-order valence-electron chi connectivity index (χ3n) is 5.27. The highest BCUT2D eigenvalue weighted by molar-refractivity contribution is 6.04. The maximum absolute atomic E-state index is 12.8. The molecule has 1 aliphatic carbocycles. The largest absolute Gasteiger partial charge is 0.468 e. The Labute approximate surface area is 170 Å². The van der Waals surface area contributed by atoms with E-state index in [1.54, 1.807) is 27.7 Å². The van der Waals surface area contributed by atoms with E-state index < -0.39 is 29.0 Å². The molecule has 8 nitrogen and oxygen atoms in total. The minimum atomic E-state index is -1.53. The summed E-state index contributed by atoms with van der Waals surface area (Å²) in [6.07, 6.45) is -0.504. The first kappa shape index (κ1) is 22.6. The van der Waals surface area contributed by atoms with Crippen molar-refractivity contribution in [2.75, 3.05) is 27.3 Å². The van der Waals surface area contributed by atoms with Crippen molar-refractivity contribution >= 4 is 23.8 Å². The van der Waals surface area contributed by atoms with E-state index in [1.165, 1.54) is 19.1 Å². The average Bonchev–Trinajstić information content (AvgIpc) is 3.05. The van der Waals surface area contributed by atoms with Gasteiger partial charge in [0.05, 0.1) is 20.8 Å². The molecular formula is C21H29NO7. The molecule has 2 rings (SSSR count). The second-order valence-corrected chi connectivity index (χ2v) is 8.54. The Balaban J connectivity index is 2.52. The summed E-state index contributed by atoms with van der Waals surface area (Å²) in [5, 5.41) is 0. The van der Waals surface area contributed by atoms with Gasteiger partial charge in [-0.3, -0.25) is 19.3 Å². The van der Waals surface area contributed by atoms with Crippen molar-refractivity contribution in [3.8, 4) is 0 Å². The Morgan fingerprint density at radius 1 is 0.931 bits per heavy atom. The van der Waals surface area contributed by atoms with Crippen molar-refractivity contribution in [2.24, 2.45) is 5.41 Å². The van der Waals surface area contributed by atoms with Crippen molar-refractivity contribution in [1.29, 1.82) is 0 Å². The number of esters is 2. The van der Waals surface area contributed by atoms with E-state index in [0.29, 0.717) is 16.7 Å². The second-order valence-electron chi connectivity index (χ2n) is 8.54. The average molecular weight is 407 g/mol. The van der Waals surface area contributed by atoms with Crippen LogP contribution in [0.5, 0.6) is 0 Å². The maximum Gasteiger partial charge on any atom is 0.410 e. The lowest BCUT2D eigenvalue weighted by molar-refractivity contribution is -0.168. The smallest absolute Gasteiger partial charge is 0.410 e. The number of ether oxygens (including phenoxy) is 3. The van der Waals surface area contributed by atoms with E-state index in [-0.39, 0.29) is 31.7 Å². The Kier molecular flexibility index (Phi) is 6.25. The number of amides is 1. The number of fused-ring (bicyclic) bond motifs is 1. The van der Waals surface area contributed by atoms with Crippen molar-refractivity contribution in [3.63, 3.8) is 0 Å². The molecule has 0 radical (unpaired) electrons. The molecule has 0 unspecified atom stereocenters. The van der Waals surface area contributed by atoms with Gasteiger partial charge in [0, 0.05) is 13.0 Å². The van der Waals surface area contributed by atoms with Gasteiger partial charge in [0.1, 0.15) is 5.60 Å². The van der Waals surface area contributed by atoms with Gasteiger partial charge in [0.2, 0.25) is 0 Å². The van der Waals surface area contributed by atoms with E-state index in [1.807, 2.05) is 6.92 Å². The molecule has 2 aliphatic rings. The highest BCUT2D eigenvalue weighted by Gasteiger charge is 2.55. The minimum absolute atomic E-state index is 0.0308. The van der Waals surface area contributed by atoms with Crippen molar-refractivity contribution in [3.05, 3.63) is 22.3 Å². The predicted octanol–water partition coefficient (Wildman–Crippen LogP) is 2.57. The molecular weight excluding hydrogens is 378 g/mol. The van der Waals surface area contributed by atoms with Crippen LogP contribution in [0.3, 0.4) is 0 Å². The zero-order valence-corrected chi connectivity index (χ0v) is 18.1. The Hall–Kier alpha value is -2.64. The highest BCUT2D eigenvalue weighted by atomic mass is 16.6. The van der Waals surface area contributed by atoms with E-state index in [4.69, 9.17) is 14.2 Å². The van der Waals surface area contributed by atoms with Gasteiger partial charge >= 0.3 is 18.0 Å². The number of carbonyl (C=O) groups is 4. The van der Waals surface area contributed by atoms with Crippen LogP contribution < -0.4 is 0 Å². The fourth-order valence-corrected chi connectivity index (χ4v) is 3.76. The molecule has 1 fully saturated rings. The summed E-state index contributed by atoms with van der Waals surface area (Å²) < 4.78 is 15.2. The van der Waals surface area contributed by atoms with Crippen LogP contribution in [0, 0.1) is 5.41 Å². The van der Waals surface area contributed by atoms with Crippen LogP contribution in [0.15, 0.2) is 22.3 Å². The van der Waals surface area contributed by atoms with Gasteiger partial charge < -0.3 is 14.2 Å². The van der Waals surface area contributed by atoms with Crippen molar-refractivity contribution in [2.45, 2.75) is 53.1 Å². The lowest BCUT2D eigenvalue weighted by atomic mass is 9.85.